The van der Waals surface area contributed by atoms with Gasteiger partial charge in [0, 0.05) is 17.8 Å². The number of nitro benzene ring substituents is 1. The third-order valence-corrected chi connectivity index (χ3v) is 4.50. The molecule has 2 N–H and O–H groups in total. The maximum absolute atomic E-state index is 12.1. The van der Waals surface area contributed by atoms with Crippen LogP contribution < -0.4 is 10.1 Å². The fraction of sp³-hybridized carbons (Fsp3) is 0.167. The number of non-ortho nitro benzene ring substituents is 1. The number of para-hydroxylation sites is 1. The average molecular weight is 399 g/mol. The van der Waals surface area contributed by atoms with E-state index in [0.717, 1.165) is 5.75 Å². The Bertz CT molecular complexity index is 977. The molecule has 1 amide bonds. The number of thioether (sulfide) groups is 1. The van der Waals surface area contributed by atoms with Gasteiger partial charge in [0.2, 0.25) is 11.1 Å². The normalized spacial score (nSPS) is 10.5. The van der Waals surface area contributed by atoms with Crippen LogP contribution in [0, 0.1) is 17.0 Å². The minimum atomic E-state index is -0.475. The zero-order valence-corrected chi connectivity index (χ0v) is 15.7. The summed E-state index contributed by atoms with van der Waals surface area (Å²) in [6, 6.07) is 13.6. The predicted octanol–water partition coefficient (Wildman–Crippen LogP) is 3.33. The quantitative estimate of drug-likeness (QED) is 0.338. The van der Waals surface area contributed by atoms with Gasteiger partial charge in [0.15, 0.2) is 5.82 Å². The van der Waals surface area contributed by atoms with E-state index in [1.165, 1.54) is 30.0 Å². The third kappa shape index (κ3) is 5.30. The van der Waals surface area contributed by atoms with Crippen LogP contribution in [0.5, 0.6) is 5.75 Å². The summed E-state index contributed by atoms with van der Waals surface area (Å²) in [6.07, 6.45) is 0. The first-order chi connectivity index (χ1) is 13.5. The number of hydrogen-bond acceptors (Lipinski definition) is 7. The molecule has 0 bridgehead atoms. The molecule has 0 aliphatic heterocycles. The Morgan fingerprint density at radius 3 is 2.79 bits per heavy atom. The Balaban J connectivity index is 1.48. The molecule has 0 spiro atoms. The molecule has 3 rings (SSSR count). The van der Waals surface area contributed by atoms with Gasteiger partial charge in [-0.25, -0.2) is 4.98 Å². The first kappa shape index (κ1) is 19.4. The fourth-order valence-corrected chi connectivity index (χ4v) is 2.91. The second-order valence-electron chi connectivity index (χ2n) is 5.76. The zero-order valence-electron chi connectivity index (χ0n) is 14.9. The van der Waals surface area contributed by atoms with Crippen molar-refractivity contribution in [2.24, 2.45) is 0 Å². The van der Waals surface area contributed by atoms with Crippen LogP contribution in [0.15, 0.2) is 53.7 Å². The highest BCUT2D eigenvalue weighted by Crippen LogP contribution is 2.22. The topological polar surface area (TPSA) is 123 Å². The van der Waals surface area contributed by atoms with Gasteiger partial charge in [-0.1, -0.05) is 30.0 Å². The van der Waals surface area contributed by atoms with Crippen molar-refractivity contribution in [1.82, 2.24) is 15.2 Å². The van der Waals surface area contributed by atoms with Crippen LogP contribution in [-0.4, -0.2) is 31.8 Å². The molecule has 0 saturated carbocycles. The summed E-state index contributed by atoms with van der Waals surface area (Å²) in [7, 11) is 0. The van der Waals surface area contributed by atoms with Crippen molar-refractivity contribution in [3.05, 3.63) is 70.0 Å². The number of aromatic nitrogens is 3. The van der Waals surface area contributed by atoms with Gasteiger partial charge in [-0.15, -0.1) is 5.10 Å². The monoisotopic (exact) mass is 399 g/mol. The Morgan fingerprint density at radius 2 is 2.07 bits per heavy atom. The highest BCUT2D eigenvalue weighted by Gasteiger charge is 2.12. The molecule has 3 aromatic rings. The number of rotatable bonds is 8. The first-order valence-corrected chi connectivity index (χ1v) is 9.26. The molecular weight excluding hydrogens is 382 g/mol. The predicted molar refractivity (Wildman–Crippen MR) is 104 cm³/mol. The van der Waals surface area contributed by atoms with Crippen LogP contribution in [0.3, 0.4) is 0 Å². The molecule has 0 saturated heterocycles. The van der Waals surface area contributed by atoms with Gasteiger partial charge in [-0.3, -0.25) is 20.0 Å². The summed E-state index contributed by atoms with van der Waals surface area (Å²) in [5, 5.41) is 20.7. The van der Waals surface area contributed by atoms with Gasteiger partial charge in [-0.2, -0.15) is 0 Å². The minimum Gasteiger partial charge on any atom is -0.486 e. The lowest BCUT2D eigenvalue weighted by molar-refractivity contribution is -0.384. The lowest BCUT2D eigenvalue weighted by atomic mass is 10.2. The van der Waals surface area contributed by atoms with Gasteiger partial charge < -0.3 is 10.1 Å². The number of aromatic amines is 1. The summed E-state index contributed by atoms with van der Waals surface area (Å²) >= 11 is 1.17. The number of nitrogens with one attached hydrogen (secondary N) is 2. The molecule has 0 fully saturated rings. The smallest absolute Gasteiger partial charge is 0.269 e. The highest BCUT2D eigenvalue weighted by atomic mass is 32.2. The molecule has 9 nitrogen and oxygen atoms in total. The molecular formula is C18H17N5O4S. The Labute approximate surface area is 164 Å². The largest absolute Gasteiger partial charge is 0.486 e. The number of aryl methyl sites for hydroxylation is 1. The van der Waals surface area contributed by atoms with Crippen molar-refractivity contribution in [3.63, 3.8) is 0 Å². The van der Waals surface area contributed by atoms with Crippen molar-refractivity contribution in [3.8, 4) is 5.75 Å². The molecule has 2 aromatic carbocycles. The lowest BCUT2D eigenvalue weighted by Gasteiger charge is -2.07. The number of nitro groups is 1. The molecule has 0 aliphatic rings. The number of nitrogens with zero attached hydrogens (tertiary/aromatic N) is 3. The summed E-state index contributed by atoms with van der Waals surface area (Å²) in [4.78, 5) is 26.7. The van der Waals surface area contributed by atoms with Crippen LogP contribution in [0.4, 0.5) is 11.4 Å². The van der Waals surface area contributed by atoms with Crippen LogP contribution in [0.2, 0.25) is 0 Å². The van der Waals surface area contributed by atoms with E-state index in [1.54, 1.807) is 6.92 Å². The van der Waals surface area contributed by atoms with Crippen molar-refractivity contribution < 1.29 is 14.5 Å². The number of H-pyrrole nitrogens is 1. The average Bonchev–Trinajstić information content (AvgIpc) is 3.15. The van der Waals surface area contributed by atoms with Crippen molar-refractivity contribution in [2.75, 3.05) is 11.1 Å². The Morgan fingerprint density at radius 1 is 1.29 bits per heavy atom. The SMILES string of the molecule is Cc1cc([N+](=O)[O-])ccc1NC(=O)CSc1n[nH]c(COc2ccccc2)n1. The number of benzene rings is 2. The van der Waals surface area contributed by atoms with Crippen molar-refractivity contribution >= 4 is 29.0 Å². The van der Waals surface area contributed by atoms with E-state index in [0.29, 0.717) is 22.2 Å². The fourth-order valence-electron chi connectivity index (χ4n) is 2.29. The maximum atomic E-state index is 12.1. The van der Waals surface area contributed by atoms with Crippen LogP contribution in [-0.2, 0) is 11.4 Å². The molecule has 1 aromatic heterocycles. The van der Waals surface area contributed by atoms with Gasteiger partial charge in [0.1, 0.15) is 12.4 Å². The lowest BCUT2D eigenvalue weighted by Crippen LogP contribution is -2.15. The second kappa shape index (κ2) is 9.00. The second-order valence-corrected chi connectivity index (χ2v) is 6.70. The summed E-state index contributed by atoms with van der Waals surface area (Å²) in [6.45, 7) is 1.94. The zero-order chi connectivity index (χ0) is 19.9. The molecule has 10 heteroatoms. The van der Waals surface area contributed by atoms with Gasteiger partial charge in [0.25, 0.3) is 5.69 Å². The Kier molecular flexibility index (Phi) is 6.22. The van der Waals surface area contributed by atoms with Crippen molar-refractivity contribution in [1.29, 1.82) is 0 Å². The Hall–Kier alpha value is -3.40. The number of carbonyl (C=O) groups is 1. The van der Waals surface area contributed by atoms with E-state index in [4.69, 9.17) is 4.74 Å². The molecule has 1 heterocycles. The number of hydrogen-bond donors (Lipinski definition) is 2. The molecule has 144 valence electrons. The summed E-state index contributed by atoms with van der Waals surface area (Å²) < 4.78 is 5.58. The number of amides is 1. The van der Waals surface area contributed by atoms with E-state index in [1.807, 2.05) is 30.3 Å². The third-order valence-electron chi connectivity index (χ3n) is 3.66. The number of ether oxygens (including phenoxy) is 1. The summed E-state index contributed by atoms with van der Waals surface area (Å²) in [5.41, 5.74) is 1.13. The van der Waals surface area contributed by atoms with Gasteiger partial charge in [-0.05, 0) is 30.7 Å². The van der Waals surface area contributed by atoms with E-state index >= 15 is 0 Å². The van der Waals surface area contributed by atoms with E-state index < -0.39 is 4.92 Å². The van der Waals surface area contributed by atoms with Crippen LogP contribution in [0.25, 0.3) is 0 Å². The maximum Gasteiger partial charge on any atom is 0.269 e. The van der Waals surface area contributed by atoms with Gasteiger partial charge >= 0.3 is 0 Å². The highest BCUT2D eigenvalue weighted by molar-refractivity contribution is 7.99. The minimum absolute atomic E-state index is 0.0177. The van der Waals surface area contributed by atoms with E-state index in [-0.39, 0.29) is 24.0 Å². The summed E-state index contributed by atoms with van der Waals surface area (Å²) in [5.74, 6) is 1.13. The standard InChI is InChI=1S/C18H17N5O4S/c1-12-9-13(23(25)26)7-8-15(12)19-17(24)11-28-18-20-16(21-22-18)10-27-14-5-3-2-4-6-14/h2-9H,10-11H2,1H3,(H,19,24)(H,20,21,22). The van der Waals surface area contributed by atoms with Crippen LogP contribution in [0.1, 0.15) is 11.4 Å². The molecule has 0 atom stereocenters. The van der Waals surface area contributed by atoms with E-state index in [2.05, 4.69) is 20.5 Å². The molecule has 0 radical (unpaired) electrons. The number of anilines is 1. The van der Waals surface area contributed by atoms with Crippen molar-refractivity contribution in [2.45, 2.75) is 18.7 Å². The van der Waals surface area contributed by atoms with Gasteiger partial charge in [0.05, 0.1) is 10.7 Å². The van der Waals surface area contributed by atoms with E-state index in [9.17, 15) is 14.9 Å². The molecule has 0 unspecified atom stereocenters. The number of carbonyl (C=O) groups excluding carboxylic acids is 1. The molecule has 0 aliphatic carbocycles. The molecule has 28 heavy (non-hydrogen) atoms. The van der Waals surface area contributed by atoms with Crippen LogP contribution >= 0.6 is 11.8 Å². The first-order valence-electron chi connectivity index (χ1n) is 8.28.